The van der Waals surface area contributed by atoms with E-state index in [-0.39, 0.29) is 42.0 Å². The summed E-state index contributed by atoms with van der Waals surface area (Å²) in [5.74, 6) is 0.697. The van der Waals surface area contributed by atoms with Gasteiger partial charge in [-0.25, -0.2) is 8.78 Å². The van der Waals surface area contributed by atoms with Crippen molar-refractivity contribution in [1.82, 2.24) is 14.7 Å². The highest BCUT2D eigenvalue weighted by Gasteiger charge is 2.33. The number of rotatable bonds is 10. The van der Waals surface area contributed by atoms with E-state index in [4.69, 9.17) is 0 Å². The zero-order valence-corrected chi connectivity index (χ0v) is 23.1. The lowest BCUT2D eigenvalue weighted by molar-refractivity contribution is -0.139. The van der Waals surface area contributed by atoms with Crippen LogP contribution in [0.1, 0.15) is 57.7 Å². The summed E-state index contributed by atoms with van der Waals surface area (Å²) in [6.45, 7) is 12.4. The van der Waals surface area contributed by atoms with E-state index in [1.807, 2.05) is 4.90 Å². The molecule has 3 rings (SSSR count). The fourth-order valence-electron chi connectivity index (χ4n) is 4.85. The van der Waals surface area contributed by atoms with Gasteiger partial charge in [-0.1, -0.05) is 52.0 Å². The molecule has 0 bridgehead atoms. The summed E-state index contributed by atoms with van der Waals surface area (Å²) < 4.78 is 27.2. The third kappa shape index (κ3) is 8.25. The van der Waals surface area contributed by atoms with E-state index < -0.39 is 0 Å². The Morgan fingerprint density at radius 2 is 1.31 bits per heavy atom. The highest BCUT2D eigenvalue weighted by atomic mass is 35.5. The Kier molecular flexibility index (Phi) is 11.8. The maximum absolute atomic E-state index is 13.6. The van der Waals surface area contributed by atoms with E-state index >= 15 is 0 Å². The van der Waals surface area contributed by atoms with Gasteiger partial charge in [0.2, 0.25) is 5.91 Å². The second kappa shape index (κ2) is 14.1. The normalized spacial score (nSPS) is 15.6. The molecule has 200 valence electrons. The van der Waals surface area contributed by atoms with Crippen LogP contribution in [0.25, 0.3) is 0 Å². The summed E-state index contributed by atoms with van der Waals surface area (Å²) in [6, 6.07) is 12.8. The lowest BCUT2D eigenvalue weighted by atomic mass is 9.96. The van der Waals surface area contributed by atoms with Crippen LogP contribution in [-0.2, 0) is 4.79 Å². The van der Waals surface area contributed by atoms with Crippen LogP contribution in [0, 0.1) is 23.5 Å². The SMILES string of the molecule is CC(C)CCN(C)[C@@H](CC(C)C)C(=O)N1CCN(C(c2ccc(F)cc2)c2ccc(F)cc2)CC1.Cl. The van der Waals surface area contributed by atoms with Gasteiger partial charge >= 0.3 is 0 Å². The number of benzene rings is 2. The molecule has 0 N–H and O–H groups in total. The van der Waals surface area contributed by atoms with Crippen LogP contribution in [0.4, 0.5) is 8.78 Å². The summed E-state index contributed by atoms with van der Waals surface area (Å²) in [5, 5.41) is 0. The monoisotopic (exact) mass is 521 g/mol. The minimum absolute atomic E-state index is 0. The molecule has 0 aliphatic carbocycles. The Hall–Kier alpha value is -2.02. The van der Waals surface area contributed by atoms with Crippen molar-refractivity contribution in [3.63, 3.8) is 0 Å². The van der Waals surface area contributed by atoms with E-state index in [9.17, 15) is 13.6 Å². The molecule has 1 aliphatic heterocycles. The third-order valence-corrected chi connectivity index (χ3v) is 6.93. The highest BCUT2D eigenvalue weighted by Crippen LogP contribution is 2.30. The van der Waals surface area contributed by atoms with Crippen molar-refractivity contribution < 1.29 is 13.6 Å². The molecule has 1 amide bonds. The van der Waals surface area contributed by atoms with Gasteiger partial charge in [0, 0.05) is 26.2 Å². The molecule has 1 heterocycles. The first-order chi connectivity index (χ1) is 16.7. The first kappa shape index (κ1) is 30.2. The Morgan fingerprint density at radius 1 is 0.833 bits per heavy atom. The predicted molar refractivity (Wildman–Crippen MR) is 145 cm³/mol. The van der Waals surface area contributed by atoms with Gasteiger partial charge in [0.05, 0.1) is 12.1 Å². The minimum atomic E-state index is -0.278. The summed E-state index contributed by atoms with van der Waals surface area (Å²) >= 11 is 0. The summed E-state index contributed by atoms with van der Waals surface area (Å²) in [4.78, 5) is 20.1. The number of carbonyl (C=O) groups excluding carboxylic acids is 1. The summed E-state index contributed by atoms with van der Waals surface area (Å²) in [6.07, 6.45) is 1.92. The van der Waals surface area contributed by atoms with Gasteiger partial charge in [0.15, 0.2) is 0 Å². The number of halogens is 3. The summed E-state index contributed by atoms with van der Waals surface area (Å²) in [5.41, 5.74) is 1.92. The van der Waals surface area contributed by atoms with Crippen LogP contribution in [0.3, 0.4) is 0 Å². The van der Waals surface area contributed by atoms with Crippen LogP contribution >= 0.6 is 12.4 Å². The second-order valence-electron chi connectivity index (χ2n) is 10.7. The molecule has 0 radical (unpaired) electrons. The van der Waals surface area contributed by atoms with E-state index in [1.54, 1.807) is 24.3 Å². The Morgan fingerprint density at radius 3 is 1.72 bits per heavy atom. The lowest BCUT2D eigenvalue weighted by Crippen LogP contribution is -2.55. The molecule has 36 heavy (non-hydrogen) atoms. The van der Waals surface area contributed by atoms with Crippen molar-refractivity contribution in [2.75, 3.05) is 39.8 Å². The van der Waals surface area contributed by atoms with Crippen LogP contribution in [0.2, 0.25) is 0 Å². The van der Waals surface area contributed by atoms with Gasteiger partial charge in [-0.3, -0.25) is 14.6 Å². The molecule has 7 heteroatoms. The lowest BCUT2D eigenvalue weighted by Gasteiger charge is -2.42. The standard InChI is InChI=1S/C29H41F2N3O.ClH/c1-21(2)14-15-32(5)27(20-22(3)4)29(35)34-18-16-33(17-19-34)28(23-6-10-25(30)11-7-23)24-8-12-26(31)13-9-24;/h6-13,21-22,27-28H,14-20H2,1-5H3;1H/t27-;/m0./s1. The molecule has 0 spiro atoms. The Balaban J connectivity index is 0.00000456. The molecule has 1 aliphatic rings. The number of carbonyl (C=O) groups is 1. The molecule has 2 aromatic carbocycles. The van der Waals surface area contributed by atoms with Crippen LogP contribution < -0.4 is 0 Å². The van der Waals surface area contributed by atoms with Gasteiger partial charge in [0.25, 0.3) is 0 Å². The summed E-state index contributed by atoms with van der Waals surface area (Å²) in [7, 11) is 2.07. The number of amides is 1. The maximum atomic E-state index is 13.6. The van der Waals surface area contributed by atoms with Crippen molar-refractivity contribution in [2.24, 2.45) is 11.8 Å². The molecule has 4 nitrogen and oxygen atoms in total. The fourth-order valence-corrected chi connectivity index (χ4v) is 4.85. The second-order valence-corrected chi connectivity index (χ2v) is 10.7. The maximum Gasteiger partial charge on any atom is 0.240 e. The topological polar surface area (TPSA) is 26.8 Å². The third-order valence-electron chi connectivity index (χ3n) is 6.93. The smallest absolute Gasteiger partial charge is 0.240 e. The van der Waals surface area contributed by atoms with Gasteiger partial charge in [-0.15, -0.1) is 12.4 Å². The largest absolute Gasteiger partial charge is 0.339 e. The predicted octanol–water partition coefficient (Wildman–Crippen LogP) is 6.01. The molecule has 1 fully saturated rings. The minimum Gasteiger partial charge on any atom is -0.339 e. The molecule has 1 atom stereocenters. The van der Waals surface area contributed by atoms with E-state index in [2.05, 4.69) is 44.5 Å². The van der Waals surface area contributed by atoms with E-state index in [1.165, 1.54) is 24.3 Å². The van der Waals surface area contributed by atoms with Gasteiger partial charge in [0.1, 0.15) is 11.6 Å². The molecule has 0 aromatic heterocycles. The molecule has 0 saturated carbocycles. The Bertz CT molecular complexity index is 883. The Labute approximate surface area is 222 Å². The van der Waals surface area contributed by atoms with Crippen LogP contribution in [-0.4, -0.2) is 66.4 Å². The van der Waals surface area contributed by atoms with E-state index in [0.29, 0.717) is 38.0 Å². The number of piperazine rings is 1. The zero-order valence-electron chi connectivity index (χ0n) is 22.3. The average Bonchev–Trinajstić information content (AvgIpc) is 2.83. The van der Waals surface area contributed by atoms with Gasteiger partial charge in [-0.2, -0.15) is 0 Å². The first-order valence-electron chi connectivity index (χ1n) is 12.9. The number of nitrogens with zero attached hydrogens (tertiary/aromatic N) is 3. The number of hydrogen-bond donors (Lipinski definition) is 0. The van der Waals surface area contributed by atoms with Crippen molar-refractivity contribution in [3.8, 4) is 0 Å². The fraction of sp³-hybridized carbons (Fsp3) is 0.552. The highest BCUT2D eigenvalue weighted by molar-refractivity contribution is 5.85. The molecular formula is C29H42ClF2N3O. The van der Waals surface area contributed by atoms with Crippen LogP contribution in [0.5, 0.6) is 0 Å². The number of hydrogen-bond acceptors (Lipinski definition) is 3. The first-order valence-corrected chi connectivity index (χ1v) is 12.9. The van der Waals surface area contributed by atoms with Gasteiger partial charge in [-0.05, 0) is 73.7 Å². The quantitative estimate of drug-likeness (QED) is 0.383. The zero-order chi connectivity index (χ0) is 25.5. The van der Waals surface area contributed by atoms with Gasteiger partial charge < -0.3 is 4.90 Å². The number of likely N-dealkylation sites (N-methyl/N-ethyl adjacent to an activating group) is 1. The molecule has 0 unspecified atom stereocenters. The van der Waals surface area contributed by atoms with Crippen molar-refractivity contribution in [1.29, 1.82) is 0 Å². The van der Waals surface area contributed by atoms with Crippen LogP contribution in [0.15, 0.2) is 48.5 Å². The van der Waals surface area contributed by atoms with Crippen molar-refractivity contribution >= 4 is 18.3 Å². The molecular weight excluding hydrogens is 480 g/mol. The molecule has 2 aromatic rings. The van der Waals surface area contributed by atoms with Crippen molar-refractivity contribution in [3.05, 3.63) is 71.3 Å². The average molecular weight is 522 g/mol. The van der Waals surface area contributed by atoms with Crippen molar-refractivity contribution in [2.45, 2.75) is 52.6 Å². The molecule has 1 saturated heterocycles. The van der Waals surface area contributed by atoms with E-state index in [0.717, 1.165) is 30.5 Å².